The molecule has 0 bridgehead atoms. The van der Waals surface area contributed by atoms with Crippen molar-refractivity contribution >= 4 is 5.78 Å². The summed E-state index contributed by atoms with van der Waals surface area (Å²) in [5.41, 5.74) is 5.39. The molecule has 0 spiro atoms. The maximum Gasteiger partial charge on any atom is 0.146 e. The van der Waals surface area contributed by atoms with Crippen molar-refractivity contribution in [2.24, 2.45) is 5.73 Å². The Morgan fingerprint density at radius 2 is 2.00 bits per heavy atom. The first-order valence-electron chi connectivity index (χ1n) is 5.04. The van der Waals surface area contributed by atoms with Gasteiger partial charge in [-0.05, 0) is 26.3 Å². The highest BCUT2D eigenvalue weighted by molar-refractivity contribution is 5.81. The molecule has 1 atom stereocenters. The van der Waals surface area contributed by atoms with Gasteiger partial charge >= 0.3 is 0 Å². The van der Waals surface area contributed by atoms with Crippen LogP contribution in [0.25, 0.3) is 0 Å². The topological polar surface area (TPSA) is 55.1 Å². The van der Waals surface area contributed by atoms with E-state index in [9.17, 15) is 4.79 Å². The van der Waals surface area contributed by atoms with Gasteiger partial charge in [-0.25, -0.2) is 0 Å². The van der Waals surface area contributed by atoms with E-state index >= 15 is 0 Å². The highest BCUT2D eigenvalue weighted by atomic mass is 16.1. The highest BCUT2D eigenvalue weighted by Gasteiger charge is 2.13. The number of carbonyl (C=O) groups excluding carboxylic acids is 1. The van der Waals surface area contributed by atoms with E-state index in [1.807, 2.05) is 0 Å². The van der Waals surface area contributed by atoms with Crippen molar-refractivity contribution in [2.75, 3.05) is 6.54 Å². The van der Waals surface area contributed by atoms with Crippen LogP contribution in [0.1, 0.15) is 40.0 Å². The number of nitrogens with one attached hydrogen (secondary N) is 1. The summed E-state index contributed by atoms with van der Waals surface area (Å²) in [6, 6.07) is 0.387. The smallest absolute Gasteiger partial charge is 0.146 e. The molecule has 13 heavy (non-hydrogen) atoms. The largest absolute Gasteiger partial charge is 0.330 e. The number of carbonyl (C=O) groups is 1. The van der Waals surface area contributed by atoms with Crippen molar-refractivity contribution in [1.29, 1.82) is 0 Å². The third-order valence-corrected chi connectivity index (χ3v) is 1.97. The van der Waals surface area contributed by atoms with Gasteiger partial charge in [0.25, 0.3) is 0 Å². The summed E-state index contributed by atoms with van der Waals surface area (Å²) in [5, 5.41) is 3.25. The second kappa shape index (κ2) is 7.04. The molecule has 0 aromatic heterocycles. The molecule has 0 fully saturated rings. The van der Waals surface area contributed by atoms with Crippen LogP contribution in [0, 0.1) is 0 Å². The zero-order chi connectivity index (χ0) is 10.3. The SMILES string of the molecule is CC(=O)C(CCCCN)NC(C)C. The van der Waals surface area contributed by atoms with Gasteiger partial charge in [-0.1, -0.05) is 20.3 Å². The van der Waals surface area contributed by atoms with Gasteiger partial charge in [0.05, 0.1) is 6.04 Å². The molecule has 0 rings (SSSR count). The van der Waals surface area contributed by atoms with Gasteiger partial charge in [0.1, 0.15) is 5.78 Å². The fourth-order valence-corrected chi connectivity index (χ4v) is 1.30. The molecule has 0 radical (unpaired) electrons. The van der Waals surface area contributed by atoms with Crippen LogP contribution in [0.5, 0.6) is 0 Å². The lowest BCUT2D eigenvalue weighted by Gasteiger charge is -2.18. The normalized spacial score (nSPS) is 13.3. The Balaban J connectivity index is 3.74. The predicted octanol–water partition coefficient (Wildman–Crippen LogP) is 1.07. The van der Waals surface area contributed by atoms with Gasteiger partial charge < -0.3 is 11.1 Å². The number of rotatable bonds is 7. The average Bonchev–Trinajstić information content (AvgIpc) is 2.02. The van der Waals surface area contributed by atoms with Crippen molar-refractivity contribution < 1.29 is 4.79 Å². The lowest BCUT2D eigenvalue weighted by molar-refractivity contribution is -0.119. The van der Waals surface area contributed by atoms with Gasteiger partial charge in [-0.2, -0.15) is 0 Å². The van der Waals surface area contributed by atoms with Crippen LogP contribution in [-0.4, -0.2) is 24.4 Å². The zero-order valence-electron chi connectivity index (χ0n) is 8.97. The lowest BCUT2D eigenvalue weighted by atomic mass is 10.1. The van der Waals surface area contributed by atoms with E-state index < -0.39 is 0 Å². The minimum Gasteiger partial charge on any atom is -0.330 e. The molecule has 0 heterocycles. The number of hydrogen-bond acceptors (Lipinski definition) is 3. The Labute approximate surface area is 81.1 Å². The molecule has 0 aliphatic heterocycles. The molecule has 0 saturated carbocycles. The maximum absolute atomic E-state index is 11.2. The van der Waals surface area contributed by atoms with Gasteiger partial charge in [0, 0.05) is 6.04 Å². The molecule has 78 valence electrons. The monoisotopic (exact) mass is 186 g/mol. The van der Waals surface area contributed by atoms with Crippen molar-refractivity contribution in [3.8, 4) is 0 Å². The summed E-state index contributed by atoms with van der Waals surface area (Å²) < 4.78 is 0. The van der Waals surface area contributed by atoms with Crippen LogP contribution in [0.2, 0.25) is 0 Å². The molecule has 3 N–H and O–H groups in total. The number of ketones is 1. The highest BCUT2D eigenvalue weighted by Crippen LogP contribution is 2.02. The molecular formula is C10H22N2O. The second-order valence-corrected chi connectivity index (χ2v) is 3.77. The van der Waals surface area contributed by atoms with Crippen LogP contribution < -0.4 is 11.1 Å². The summed E-state index contributed by atoms with van der Waals surface area (Å²) in [5.74, 6) is 0.228. The van der Waals surface area contributed by atoms with E-state index in [-0.39, 0.29) is 11.8 Å². The minimum absolute atomic E-state index is 0.0200. The van der Waals surface area contributed by atoms with Crippen LogP contribution in [0.15, 0.2) is 0 Å². The molecule has 3 heteroatoms. The van der Waals surface area contributed by atoms with Crippen LogP contribution in [0.4, 0.5) is 0 Å². The number of unbranched alkanes of at least 4 members (excludes halogenated alkanes) is 1. The molecule has 0 aromatic rings. The lowest BCUT2D eigenvalue weighted by Crippen LogP contribution is -2.39. The molecule has 3 nitrogen and oxygen atoms in total. The van der Waals surface area contributed by atoms with E-state index in [0.717, 1.165) is 19.3 Å². The third-order valence-electron chi connectivity index (χ3n) is 1.97. The molecule has 0 aliphatic carbocycles. The molecule has 0 saturated heterocycles. The fourth-order valence-electron chi connectivity index (χ4n) is 1.30. The number of hydrogen-bond donors (Lipinski definition) is 2. The fraction of sp³-hybridized carbons (Fsp3) is 0.900. The average molecular weight is 186 g/mol. The summed E-state index contributed by atoms with van der Waals surface area (Å²) in [6.45, 7) is 6.46. The summed E-state index contributed by atoms with van der Waals surface area (Å²) in [7, 11) is 0. The van der Waals surface area contributed by atoms with Crippen molar-refractivity contribution in [1.82, 2.24) is 5.32 Å². The van der Waals surface area contributed by atoms with Crippen molar-refractivity contribution in [3.63, 3.8) is 0 Å². The second-order valence-electron chi connectivity index (χ2n) is 3.77. The standard InChI is InChI=1S/C10H22N2O/c1-8(2)12-10(9(3)13)6-4-5-7-11/h8,10,12H,4-7,11H2,1-3H3. The number of nitrogens with two attached hydrogens (primary N) is 1. The summed E-state index contributed by atoms with van der Waals surface area (Å²) in [6.07, 6.45) is 2.94. The molecule has 0 amide bonds. The maximum atomic E-state index is 11.2. The minimum atomic E-state index is 0.0200. The van der Waals surface area contributed by atoms with Crippen molar-refractivity contribution in [3.05, 3.63) is 0 Å². The Morgan fingerprint density at radius 3 is 2.38 bits per heavy atom. The van der Waals surface area contributed by atoms with E-state index in [1.54, 1.807) is 6.92 Å². The molecule has 0 aromatic carbocycles. The quantitative estimate of drug-likeness (QED) is 0.585. The van der Waals surface area contributed by atoms with Gasteiger partial charge in [-0.15, -0.1) is 0 Å². The first kappa shape index (κ1) is 12.6. The first-order valence-corrected chi connectivity index (χ1v) is 5.04. The number of Topliss-reactive ketones (excluding diaryl/α,β-unsaturated/α-hetero) is 1. The Morgan fingerprint density at radius 1 is 1.38 bits per heavy atom. The van der Waals surface area contributed by atoms with Crippen molar-refractivity contribution in [2.45, 2.75) is 52.1 Å². The molecule has 0 aliphatic rings. The predicted molar refractivity (Wildman–Crippen MR) is 55.6 cm³/mol. The summed E-state index contributed by atoms with van der Waals surface area (Å²) in [4.78, 5) is 11.2. The van der Waals surface area contributed by atoms with Crippen LogP contribution in [-0.2, 0) is 4.79 Å². The van der Waals surface area contributed by atoms with E-state index in [4.69, 9.17) is 5.73 Å². The van der Waals surface area contributed by atoms with Crippen LogP contribution in [0.3, 0.4) is 0 Å². The van der Waals surface area contributed by atoms with Gasteiger partial charge in [-0.3, -0.25) is 4.79 Å². The Bertz CT molecular complexity index is 146. The van der Waals surface area contributed by atoms with E-state index in [2.05, 4.69) is 19.2 Å². The van der Waals surface area contributed by atoms with E-state index in [0.29, 0.717) is 12.6 Å². The zero-order valence-corrected chi connectivity index (χ0v) is 8.97. The van der Waals surface area contributed by atoms with E-state index in [1.165, 1.54) is 0 Å². The Hall–Kier alpha value is -0.410. The van der Waals surface area contributed by atoms with Crippen LogP contribution >= 0.6 is 0 Å². The van der Waals surface area contributed by atoms with Gasteiger partial charge in [0.15, 0.2) is 0 Å². The third kappa shape index (κ3) is 6.72. The first-order chi connectivity index (χ1) is 6.07. The summed E-state index contributed by atoms with van der Waals surface area (Å²) >= 11 is 0. The molecular weight excluding hydrogens is 164 g/mol. The Kier molecular flexibility index (Phi) is 6.82. The molecule has 1 unspecified atom stereocenters. The van der Waals surface area contributed by atoms with Gasteiger partial charge in [0.2, 0.25) is 0 Å².